The molecule has 0 radical (unpaired) electrons. The number of para-hydroxylation sites is 1. The minimum Gasteiger partial charge on any atom is -0.340 e. The average molecular weight is 276 g/mol. The molecule has 0 spiro atoms. The first-order valence-electron chi connectivity index (χ1n) is 6.49. The Morgan fingerprint density at radius 2 is 1.65 bits per heavy atom. The van der Waals surface area contributed by atoms with Crippen molar-refractivity contribution in [2.45, 2.75) is 13.0 Å². The molecule has 2 rings (SSSR count). The van der Waals surface area contributed by atoms with Crippen molar-refractivity contribution in [2.75, 3.05) is 19.0 Å². The number of anilines is 2. The fraction of sp³-hybridized carbons (Fsp3) is 0.250. The third kappa shape index (κ3) is 2.80. The van der Waals surface area contributed by atoms with E-state index >= 15 is 0 Å². The topological polar surface area (TPSA) is 15.3 Å². The van der Waals surface area contributed by atoms with Gasteiger partial charge in [-0.25, -0.2) is 8.78 Å². The maximum atomic E-state index is 14.2. The molecule has 0 amide bonds. The van der Waals surface area contributed by atoms with Crippen molar-refractivity contribution in [1.29, 1.82) is 0 Å². The van der Waals surface area contributed by atoms with Gasteiger partial charge in [-0.2, -0.15) is 0 Å². The summed E-state index contributed by atoms with van der Waals surface area (Å²) in [7, 11) is 3.47. The van der Waals surface area contributed by atoms with Crippen LogP contribution in [0.15, 0.2) is 42.5 Å². The molecule has 0 aliphatic heterocycles. The van der Waals surface area contributed by atoms with Gasteiger partial charge in [-0.1, -0.05) is 18.2 Å². The van der Waals surface area contributed by atoms with E-state index in [1.165, 1.54) is 17.0 Å². The molecular formula is C16H18F2N2. The molecule has 0 aliphatic rings. The van der Waals surface area contributed by atoms with Gasteiger partial charge in [-0.3, -0.25) is 0 Å². The summed E-state index contributed by atoms with van der Waals surface area (Å²) in [6.07, 6.45) is 0. The van der Waals surface area contributed by atoms with Crippen LogP contribution in [0, 0.1) is 11.6 Å². The number of halogens is 2. The second kappa shape index (κ2) is 6.01. The lowest BCUT2D eigenvalue weighted by Crippen LogP contribution is -2.15. The Morgan fingerprint density at radius 3 is 2.25 bits per heavy atom. The molecule has 1 unspecified atom stereocenters. The van der Waals surface area contributed by atoms with E-state index in [9.17, 15) is 8.78 Å². The van der Waals surface area contributed by atoms with Gasteiger partial charge in [0, 0.05) is 13.1 Å². The summed E-state index contributed by atoms with van der Waals surface area (Å²) in [4.78, 5) is 1.51. The quantitative estimate of drug-likeness (QED) is 0.907. The third-order valence-corrected chi connectivity index (χ3v) is 3.48. The van der Waals surface area contributed by atoms with Crippen LogP contribution in [-0.2, 0) is 0 Å². The fourth-order valence-electron chi connectivity index (χ4n) is 2.08. The Kier molecular flexibility index (Phi) is 4.35. The Labute approximate surface area is 118 Å². The van der Waals surface area contributed by atoms with Crippen LogP contribution in [0.4, 0.5) is 20.2 Å². The monoisotopic (exact) mass is 276 g/mol. The van der Waals surface area contributed by atoms with E-state index in [4.69, 9.17) is 0 Å². The fourth-order valence-corrected chi connectivity index (χ4v) is 2.08. The van der Waals surface area contributed by atoms with Crippen molar-refractivity contribution in [3.8, 4) is 0 Å². The first kappa shape index (κ1) is 14.5. The molecule has 0 aliphatic carbocycles. The second-order valence-electron chi connectivity index (χ2n) is 4.73. The lowest BCUT2D eigenvalue weighted by molar-refractivity contribution is 0.605. The summed E-state index contributed by atoms with van der Waals surface area (Å²) in [6, 6.07) is 11.4. The molecule has 106 valence electrons. The number of benzene rings is 2. The van der Waals surface area contributed by atoms with Crippen molar-refractivity contribution >= 4 is 11.4 Å². The van der Waals surface area contributed by atoms with Gasteiger partial charge in [0.1, 0.15) is 11.6 Å². The van der Waals surface area contributed by atoms with Gasteiger partial charge in [0.2, 0.25) is 0 Å². The van der Waals surface area contributed by atoms with Crippen LogP contribution < -0.4 is 10.2 Å². The number of nitrogens with one attached hydrogen (secondary N) is 1. The maximum Gasteiger partial charge on any atom is 0.147 e. The van der Waals surface area contributed by atoms with E-state index in [0.717, 1.165) is 5.56 Å². The molecule has 0 fully saturated rings. The zero-order valence-corrected chi connectivity index (χ0v) is 11.8. The highest BCUT2D eigenvalue weighted by atomic mass is 19.1. The predicted molar refractivity (Wildman–Crippen MR) is 78.3 cm³/mol. The van der Waals surface area contributed by atoms with Gasteiger partial charge >= 0.3 is 0 Å². The van der Waals surface area contributed by atoms with E-state index in [-0.39, 0.29) is 17.7 Å². The van der Waals surface area contributed by atoms with Crippen molar-refractivity contribution in [3.05, 3.63) is 59.7 Å². The Bertz CT molecular complexity index is 599. The smallest absolute Gasteiger partial charge is 0.147 e. The highest BCUT2D eigenvalue weighted by Crippen LogP contribution is 2.29. The van der Waals surface area contributed by atoms with Crippen molar-refractivity contribution in [1.82, 2.24) is 5.32 Å². The lowest BCUT2D eigenvalue weighted by atomic mass is 10.1. The van der Waals surface area contributed by atoms with E-state index < -0.39 is 0 Å². The molecule has 2 aromatic rings. The first-order chi connectivity index (χ1) is 9.54. The summed E-state index contributed by atoms with van der Waals surface area (Å²) < 4.78 is 28.0. The standard InChI is InChI=1S/C16H18F2N2/c1-11(19-2)12-8-9-16(14(18)10-12)20(3)15-7-5-4-6-13(15)17/h4-11,19H,1-3H3. The second-order valence-corrected chi connectivity index (χ2v) is 4.73. The molecule has 2 aromatic carbocycles. The van der Waals surface area contributed by atoms with Crippen molar-refractivity contribution < 1.29 is 8.78 Å². The molecular weight excluding hydrogens is 258 g/mol. The summed E-state index contributed by atoms with van der Waals surface area (Å²) in [5.41, 5.74) is 1.55. The molecule has 4 heteroatoms. The first-order valence-corrected chi connectivity index (χ1v) is 6.49. The van der Waals surface area contributed by atoms with Gasteiger partial charge in [0.15, 0.2) is 0 Å². The summed E-state index contributed by atoms with van der Waals surface area (Å²) >= 11 is 0. The molecule has 1 atom stereocenters. The molecule has 1 N–H and O–H groups in total. The Morgan fingerprint density at radius 1 is 1.00 bits per heavy atom. The van der Waals surface area contributed by atoms with Crippen LogP contribution in [0.2, 0.25) is 0 Å². The molecule has 0 aromatic heterocycles. The van der Waals surface area contributed by atoms with Crippen LogP contribution in [0.25, 0.3) is 0 Å². The molecule has 0 saturated heterocycles. The van der Waals surface area contributed by atoms with E-state index in [0.29, 0.717) is 11.4 Å². The van der Waals surface area contributed by atoms with E-state index in [1.54, 1.807) is 31.3 Å². The third-order valence-electron chi connectivity index (χ3n) is 3.48. The normalized spacial score (nSPS) is 12.2. The van der Waals surface area contributed by atoms with Crippen LogP contribution in [0.1, 0.15) is 18.5 Å². The molecule has 20 heavy (non-hydrogen) atoms. The average Bonchev–Trinajstić information content (AvgIpc) is 2.46. The zero-order valence-electron chi connectivity index (χ0n) is 11.8. The highest BCUT2D eigenvalue weighted by molar-refractivity contribution is 5.63. The van der Waals surface area contributed by atoms with Crippen LogP contribution >= 0.6 is 0 Å². The summed E-state index contributed by atoms with van der Waals surface area (Å²) in [5, 5.41) is 3.06. The van der Waals surface area contributed by atoms with Gasteiger partial charge in [-0.15, -0.1) is 0 Å². The molecule has 0 saturated carbocycles. The molecule has 2 nitrogen and oxygen atoms in total. The van der Waals surface area contributed by atoms with Crippen LogP contribution in [0.3, 0.4) is 0 Å². The number of hydrogen-bond acceptors (Lipinski definition) is 2. The number of hydrogen-bond donors (Lipinski definition) is 1. The van der Waals surface area contributed by atoms with E-state index in [1.807, 2.05) is 20.0 Å². The van der Waals surface area contributed by atoms with Gasteiger partial charge in [0.05, 0.1) is 11.4 Å². The minimum atomic E-state index is -0.373. The van der Waals surface area contributed by atoms with Gasteiger partial charge in [-0.05, 0) is 43.8 Å². The van der Waals surface area contributed by atoms with Gasteiger partial charge in [0.25, 0.3) is 0 Å². The number of nitrogens with zero attached hydrogens (tertiary/aromatic N) is 1. The largest absolute Gasteiger partial charge is 0.340 e. The minimum absolute atomic E-state index is 0.0670. The van der Waals surface area contributed by atoms with Crippen LogP contribution in [0.5, 0.6) is 0 Å². The summed E-state index contributed by atoms with van der Waals surface area (Å²) in [5.74, 6) is -0.738. The molecule has 0 heterocycles. The van der Waals surface area contributed by atoms with E-state index in [2.05, 4.69) is 5.32 Å². The SMILES string of the molecule is CNC(C)c1ccc(N(C)c2ccccc2F)c(F)c1. The summed E-state index contributed by atoms with van der Waals surface area (Å²) in [6.45, 7) is 1.95. The van der Waals surface area contributed by atoms with Crippen molar-refractivity contribution in [2.24, 2.45) is 0 Å². The lowest BCUT2D eigenvalue weighted by Gasteiger charge is -2.21. The highest BCUT2D eigenvalue weighted by Gasteiger charge is 2.14. The van der Waals surface area contributed by atoms with Gasteiger partial charge < -0.3 is 10.2 Å². The van der Waals surface area contributed by atoms with Crippen LogP contribution in [-0.4, -0.2) is 14.1 Å². The predicted octanol–water partition coefficient (Wildman–Crippen LogP) is 4.01. The number of rotatable bonds is 4. The maximum absolute atomic E-state index is 14.2. The van der Waals surface area contributed by atoms with Crippen molar-refractivity contribution in [3.63, 3.8) is 0 Å². The zero-order chi connectivity index (χ0) is 14.7. The molecule has 0 bridgehead atoms. The Hall–Kier alpha value is -1.94. The Balaban J connectivity index is 2.36.